The molecule has 14 heavy (non-hydrogen) atoms. The lowest BCUT2D eigenvalue weighted by Gasteiger charge is -2.00. The lowest BCUT2D eigenvalue weighted by atomic mass is 9.87. The van der Waals surface area contributed by atoms with Crippen LogP contribution in [0.25, 0.3) is 5.82 Å². The molecule has 70 valence electrons. The zero-order chi connectivity index (χ0) is 9.97. The minimum Gasteiger partial charge on any atom is -0.422 e. The summed E-state index contributed by atoms with van der Waals surface area (Å²) in [7, 11) is -1.59. The summed E-state index contributed by atoms with van der Waals surface area (Å²) in [4.78, 5) is 7.77. The van der Waals surface area contributed by atoms with Crippen molar-refractivity contribution in [3.63, 3.8) is 0 Å². The summed E-state index contributed by atoms with van der Waals surface area (Å²) in [5.74, 6) is 0.527. The van der Waals surface area contributed by atoms with E-state index in [9.17, 15) is 0 Å². The quantitative estimate of drug-likeness (QED) is 0.553. The summed E-state index contributed by atoms with van der Waals surface area (Å²) in [5, 5.41) is 21.5. The molecule has 0 saturated carbocycles. The summed E-state index contributed by atoms with van der Waals surface area (Å²) >= 11 is 0. The molecule has 2 aromatic heterocycles. The molecule has 0 fully saturated rings. The summed E-state index contributed by atoms with van der Waals surface area (Å²) < 4.78 is 1.53. The Morgan fingerprint density at radius 1 is 1.21 bits per heavy atom. The van der Waals surface area contributed by atoms with Crippen molar-refractivity contribution >= 4 is 12.7 Å². The van der Waals surface area contributed by atoms with E-state index in [1.807, 2.05) is 0 Å². The fourth-order valence-electron chi connectivity index (χ4n) is 0.987. The van der Waals surface area contributed by atoms with Gasteiger partial charge in [0.25, 0.3) is 0 Å². The summed E-state index contributed by atoms with van der Waals surface area (Å²) in [6.45, 7) is 0. The molecule has 0 aliphatic heterocycles. The second kappa shape index (κ2) is 3.56. The van der Waals surface area contributed by atoms with E-state index in [0.29, 0.717) is 5.82 Å². The standard InChI is InChI=1S/C7H7BN4O2/c13-8(14)6-4-10-7(5-9-6)12-3-1-2-11-12/h1-5,13-14H. The molecule has 2 rings (SSSR count). The number of aromatic nitrogens is 4. The molecule has 0 amide bonds. The van der Waals surface area contributed by atoms with Crippen molar-refractivity contribution < 1.29 is 10.0 Å². The van der Waals surface area contributed by atoms with Crippen LogP contribution in [0.3, 0.4) is 0 Å². The Morgan fingerprint density at radius 3 is 2.57 bits per heavy atom. The van der Waals surface area contributed by atoms with Gasteiger partial charge in [-0.2, -0.15) is 5.10 Å². The molecule has 6 nitrogen and oxygen atoms in total. The van der Waals surface area contributed by atoms with Gasteiger partial charge in [-0.1, -0.05) is 0 Å². The largest absolute Gasteiger partial charge is 0.509 e. The van der Waals surface area contributed by atoms with Crippen LogP contribution in [-0.4, -0.2) is 36.9 Å². The van der Waals surface area contributed by atoms with Gasteiger partial charge in [0.2, 0.25) is 0 Å². The van der Waals surface area contributed by atoms with Crippen molar-refractivity contribution in [3.8, 4) is 5.82 Å². The van der Waals surface area contributed by atoms with E-state index in [0.717, 1.165) is 0 Å². The van der Waals surface area contributed by atoms with Crippen LogP contribution >= 0.6 is 0 Å². The van der Waals surface area contributed by atoms with E-state index in [1.165, 1.54) is 17.1 Å². The SMILES string of the molecule is OB(O)c1cnc(-n2cccn2)cn1. The maximum absolute atomic E-state index is 8.78. The lowest BCUT2D eigenvalue weighted by Crippen LogP contribution is -2.33. The van der Waals surface area contributed by atoms with E-state index in [1.54, 1.807) is 18.5 Å². The molecular weight excluding hydrogens is 183 g/mol. The van der Waals surface area contributed by atoms with E-state index in [4.69, 9.17) is 10.0 Å². The molecule has 0 bridgehead atoms. The van der Waals surface area contributed by atoms with Gasteiger partial charge in [-0.3, -0.25) is 4.98 Å². The van der Waals surface area contributed by atoms with Gasteiger partial charge in [0.05, 0.1) is 11.8 Å². The number of hydrogen-bond acceptors (Lipinski definition) is 5. The van der Waals surface area contributed by atoms with Gasteiger partial charge in [0.15, 0.2) is 5.82 Å². The number of hydrogen-bond donors (Lipinski definition) is 2. The highest BCUT2D eigenvalue weighted by atomic mass is 16.4. The van der Waals surface area contributed by atoms with E-state index in [-0.39, 0.29) is 5.59 Å². The average molecular weight is 190 g/mol. The van der Waals surface area contributed by atoms with Crippen molar-refractivity contribution in [2.24, 2.45) is 0 Å². The van der Waals surface area contributed by atoms with E-state index in [2.05, 4.69) is 15.1 Å². The van der Waals surface area contributed by atoms with Crippen LogP contribution in [-0.2, 0) is 0 Å². The van der Waals surface area contributed by atoms with Crippen LogP contribution in [0, 0.1) is 0 Å². The maximum Gasteiger partial charge on any atom is 0.509 e. The van der Waals surface area contributed by atoms with Gasteiger partial charge in [0, 0.05) is 18.6 Å². The molecule has 0 saturated heterocycles. The Hall–Kier alpha value is -1.73. The second-order valence-corrected chi connectivity index (χ2v) is 2.62. The highest BCUT2D eigenvalue weighted by molar-refractivity contribution is 6.57. The van der Waals surface area contributed by atoms with Crippen LogP contribution in [0.4, 0.5) is 0 Å². The molecule has 0 aliphatic carbocycles. The third-order valence-corrected chi connectivity index (χ3v) is 1.66. The molecule has 0 radical (unpaired) electrons. The minimum atomic E-state index is -1.59. The Morgan fingerprint density at radius 2 is 2.07 bits per heavy atom. The molecule has 0 unspecified atom stereocenters. The highest BCUT2D eigenvalue weighted by Crippen LogP contribution is 1.96. The predicted molar refractivity (Wildman–Crippen MR) is 49.0 cm³/mol. The predicted octanol–water partition coefficient (Wildman–Crippen LogP) is -1.66. The van der Waals surface area contributed by atoms with Crippen LogP contribution in [0.1, 0.15) is 0 Å². The fourth-order valence-corrected chi connectivity index (χ4v) is 0.987. The van der Waals surface area contributed by atoms with Crippen LogP contribution in [0.15, 0.2) is 30.9 Å². The van der Waals surface area contributed by atoms with Crippen LogP contribution < -0.4 is 5.59 Å². The maximum atomic E-state index is 8.78. The molecule has 2 N–H and O–H groups in total. The zero-order valence-electron chi connectivity index (χ0n) is 7.15. The smallest absolute Gasteiger partial charge is 0.422 e. The summed E-state index contributed by atoms with van der Waals surface area (Å²) in [5.41, 5.74) is 0.112. The zero-order valence-corrected chi connectivity index (χ0v) is 7.15. The van der Waals surface area contributed by atoms with Gasteiger partial charge in [0.1, 0.15) is 0 Å². The molecule has 0 aliphatic rings. The Kier molecular flexibility index (Phi) is 2.25. The van der Waals surface area contributed by atoms with Crippen molar-refractivity contribution in [1.82, 2.24) is 19.7 Å². The normalized spacial score (nSPS) is 10.1. The van der Waals surface area contributed by atoms with Crippen molar-refractivity contribution in [2.45, 2.75) is 0 Å². The van der Waals surface area contributed by atoms with Gasteiger partial charge in [-0.05, 0) is 6.07 Å². The first-order chi connectivity index (χ1) is 6.77. The number of nitrogens with zero attached hydrogens (tertiary/aromatic N) is 4. The topological polar surface area (TPSA) is 84.1 Å². The first-order valence-electron chi connectivity index (χ1n) is 3.95. The monoisotopic (exact) mass is 190 g/mol. The summed E-state index contributed by atoms with van der Waals surface area (Å²) in [6, 6.07) is 1.76. The molecular formula is C7H7BN4O2. The number of rotatable bonds is 2. The molecule has 0 atom stereocenters. The van der Waals surface area contributed by atoms with Gasteiger partial charge in [-0.25, -0.2) is 9.67 Å². The first kappa shape index (κ1) is 8.85. The van der Waals surface area contributed by atoms with Gasteiger partial charge < -0.3 is 10.0 Å². The van der Waals surface area contributed by atoms with E-state index < -0.39 is 7.12 Å². The molecule has 2 heterocycles. The Bertz CT molecular complexity index is 400. The molecule has 2 aromatic rings. The van der Waals surface area contributed by atoms with Gasteiger partial charge in [-0.15, -0.1) is 0 Å². The first-order valence-corrected chi connectivity index (χ1v) is 3.95. The molecule has 0 spiro atoms. The highest BCUT2D eigenvalue weighted by Gasteiger charge is 2.12. The third-order valence-electron chi connectivity index (χ3n) is 1.66. The molecule has 0 aromatic carbocycles. The summed E-state index contributed by atoms with van der Waals surface area (Å²) in [6.07, 6.45) is 6.05. The average Bonchev–Trinajstić information content (AvgIpc) is 2.71. The van der Waals surface area contributed by atoms with Crippen molar-refractivity contribution in [3.05, 3.63) is 30.9 Å². The molecule has 7 heteroatoms. The fraction of sp³-hybridized carbons (Fsp3) is 0. The Labute approximate surface area is 80.0 Å². The van der Waals surface area contributed by atoms with Crippen LogP contribution in [0.2, 0.25) is 0 Å². The second-order valence-electron chi connectivity index (χ2n) is 2.62. The van der Waals surface area contributed by atoms with E-state index >= 15 is 0 Å². The minimum absolute atomic E-state index is 0.112. The van der Waals surface area contributed by atoms with Crippen molar-refractivity contribution in [2.75, 3.05) is 0 Å². The Balaban J connectivity index is 2.31. The van der Waals surface area contributed by atoms with Crippen molar-refractivity contribution in [1.29, 1.82) is 0 Å². The van der Waals surface area contributed by atoms with Crippen LogP contribution in [0.5, 0.6) is 0 Å². The van der Waals surface area contributed by atoms with Gasteiger partial charge >= 0.3 is 7.12 Å². The third kappa shape index (κ3) is 1.63. The lowest BCUT2D eigenvalue weighted by molar-refractivity contribution is 0.424.